The van der Waals surface area contributed by atoms with Crippen LogP contribution in [0.5, 0.6) is 11.5 Å². The first-order valence-electron chi connectivity index (χ1n) is 9.30. The lowest BCUT2D eigenvalue weighted by molar-refractivity contribution is 0.252. The number of aliphatic hydroxyl groups excluding tert-OH is 1. The molecule has 3 rings (SSSR count). The lowest BCUT2D eigenvalue weighted by Gasteiger charge is -2.26. The Morgan fingerprint density at radius 1 is 1.26 bits per heavy atom. The van der Waals surface area contributed by atoms with Gasteiger partial charge in [0.05, 0.1) is 32.0 Å². The topological polar surface area (TPSA) is 78.2 Å². The van der Waals surface area contributed by atoms with E-state index in [2.05, 4.69) is 27.0 Å². The molecular formula is C21H27N3O3. The van der Waals surface area contributed by atoms with Gasteiger partial charge in [0.2, 0.25) is 0 Å². The second-order valence-electron chi connectivity index (χ2n) is 6.82. The van der Waals surface area contributed by atoms with Crippen LogP contribution in [0, 0.1) is 6.92 Å². The molecule has 0 saturated carbocycles. The van der Waals surface area contributed by atoms with Gasteiger partial charge in [-0.2, -0.15) is 0 Å². The number of benzene rings is 1. The average molecular weight is 369 g/mol. The third-order valence-corrected chi connectivity index (χ3v) is 5.11. The van der Waals surface area contributed by atoms with Gasteiger partial charge in [-0.3, -0.25) is 14.9 Å². The maximum Gasteiger partial charge on any atom is 0.145 e. The molecule has 1 aromatic carbocycles. The van der Waals surface area contributed by atoms with Crippen molar-refractivity contribution in [3.63, 3.8) is 0 Å². The van der Waals surface area contributed by atoms with Crippen LogP contribution in [-0.2, 0) is 6.61 Å². The van der Waals surface area contributed by atoms with Crippen molar-refractivity contribution in [2.75, 3.05) is 26.7 Å². The highest BCUT2D eigenvalue weighted by molar-refractivity contribution is 5.85. The molecule has 1 aliphatic heterocycles. The smallest absolute Gasteiger partial charge is 0.145 e. The standard InChI is InChI=1S/C21H27N3O3/c1-15-21(26)19(17(14-25)11-23-15)12-22-13-20(24-9-3-4-10-24)16-5-7-18(27-2)8-6-16/h5-8,11-12,20,25-26H,3-4,9-10,13-14H2,1-2H3/t20-/m0/s1. The SMILES string of the molecule is COc1ccc([C@H](CN=Cc2c(CO)cnc(C)c2O)N2CCCC2)cc1. The van der Waals surface area contributed by atoms with Crippen molar-refractivity contribution >= 4 is 6.21 Å². The van der Waals surface area contributed by atoms with Crippen LogP contribution in [0.25, 0.3) is 0 Å². The highest BCUT2D eigenvalue weighted by Gasteiger charge is 2.23. The molecule has 2 aromatic rings. The molecule has 1 aromatic heterocycles. The van der Waals surface area contributed by atoms with E-state index < -0.39 is 0 Å². The van der Waals surface area contributed by atoms with Gasteiger partial charge in [-0.1, -0.05) is 12.1 Å². The van der Waals surface area contributed by atoms with E-state index in [0.717, 1.165) is 18.8 Å². The summed E-state index contributed by atoms with van der Waals surface area (Å²) in [5.74, 6) is 0.916. The number of methoxy groups -OCH3 is 1. The summed E-state index contributed by atoms with van der Waals surface area (Å²) in [5.41, 5.74) is 2.84. The minimum atomic E-state index is -0.184. The summed E-state index contributed by atoms with van der Waals surface area (Å²) < 4.78 is 5.26. The van der Waals surface area contributed by atoms with Gasteiger partial charge in [0.1, 0.15) is 11.5 Å². The zero-order valence-corrected chi connectivity index (χ0v) is 15.9. The molecule has 2 heterocycles. The normalized spacial score (nSPS) is 16.1. The van der Waals surface area contributed by atoms with Crippen molar-refractivity contribution in [1.82, 2.24) is 9.88 Å². The number of aromatic hydroxyl groups is 1. The van der Waals surface area contributed by atoms with E-state index in [9.17, 15) is 10.2 Å². The van der Waals surface area contributed by atoms with E-state index in [1.54, 1.807) is 26.4 Å². The summed E-state index contributed by atoms with van der Waals surface area (Å²) in [6, 6.07) is 8.31. The number of pyridine rings is 1. The zero-order chi connectivity index (χ0) is 19.2. The largest absolute Gasteiger partial charge is 0.505 e. The number of aliphatic imine (C=N–C) groups is 1. The first-order valence-corrected chi connectivity index (χ1v) is 9.30. The molecule has 27 heavy (non-hydrogen) atoms. The first kappa shape index (κ1) is 19.3. The molecular weight excluding hydrogens is 342 g/mol. The number of aromatic nitrogens is 1. The Labute approximate surface area is 160 Å². The molecule has 0 spiro atoms. The van der Waals surface area contributed by atoms with Crippen molar-refractivity contribution in [2.45, 2.75) is 32.4 Å². The maximum atomic E-state index is 10.3. The number of hydrogen-bond acceptors (Lipinski definition) is 6. The van der Waals surface area contributed by atoms with Crippen LogP contribution in [0.2, 0.25) is 0 Å². The first-order chi connectivity index (χ1) is 13.1. The van der Waals surface area contributed by atoms with Gasteiger partial charge in [0, 0.05) is 23.5 Å². The fourth-order valence-corrected chi connectivity index (χ4v) is 3.48. The number of nitrogens with zero attached hydrogens (tertiary/aromatic N) is 3. The van der Waals surface area contributed by atoms with Gasteiger partial charge < -0.3 is 14.9 Å². The van der Waals surface area contributed by atoms with Crippen LogP contribution in [0.15, 0.2) is 35.5 Å². The summed E-state index contributed by atoms with van der Waals surface area (Å²) in [4.78, 5) is 11.2. The molecule has 6 nitrogen and oxygen atoms in total. The predicted octanol–water partition coefficient (Wildman–Crippen LogP) is 2.85. The molecule has 0 radical (unpaired) electrons. The molecule has 1 aliphatic rings. The fraction of sp³-hybridized carbons (Fsp3) is 0.429. The number of rotatable bonds is 7. The van der Waals surface area contributed by atoms with Crippen molar-refractivity contribution < 1.29 is 14.9 Å². The Bertz CT molecular complexity index is 784. The maximum absolute atomic E-state index is 10.3. The van der Waals surface area contributed by atoms with Gasteiger partial charge in [0.25, 0.3) is 0 Å². The van der Waals surface area contributed by atoms with E-state index in [1.807, 2.05) is 12.1 Å². The fourth-order valence-electron chi connectivity index (χ4n) is 3.48. The van der Waals surface area contributed by atoms with Crippen LogP contribution < -0.4 is 4.74 Å². The molecule has 0 aliphatic carbocycles. The van der Waals surface area contributed by atoms with E-state index in [1.165, 1.54) is 18.4 Å². The molecule has 2 N–H and O–H groups in total. The number of aliphatic hydroxyl groups is 1. The number of ether oxygens (including phenoxy) is 1. The molecule has 0 unspecified atom stereocenters. The van der Waals surface area contributed by atoms with Crippen LogP contribution in [0.3, 0.4) is 0 Å². The zero-order valence-electron chi connectivity index (χ0n) is 15.9. The van der Waals surface area contributed by atoms with Gasteiger partial charge in [-0.15, -0.1) is 0 Å². The number of aryl methyl sites for hydroxylation is 1. The van der Waals surface area contributed by atoms with Crippen molar-refractivity contribution in [3.8, 4) is 11.5 Å². The monoisotopic (exact) mass is 369 g/mol. The van der Waals surface area contributed by atoms with Crippen LogP contribution in [-0.4, -0.2) is 53.1 Å². The summed E-state index contributed by atoms with van der Waals surface area (Å²) in [6.45, 7) is 4.26. The second-order valence-corrected chi connectivity index (χ2v) is 6.82. The Kier molecular flexibility index (Phi) is 6.42. The van der Waals surface area contributed by atoms with E-state index in [4.69, 9.17) is 4.74 Å². The minimum Gasteiger partial charge on any atom is -0.505 e. The van der Waals surface area contributed by atoms with E-state index in [0.29, 0.717) is 23.4 Å². The molecule has 144 valence electrons. The number of hydrogen-bond donors (Lipinski definition) is 2. The Hall–Kier alpha value is -2.44. The van der Waals surface area contributed by atoms with Gasteiger partial charge >= 0.3 is 0 Å². The summed E-state index contributed by atoms with van der Waals surface area (Å²) in [5, 5.41) is 19.8. The Morgan fingerprint density at radius 3 is 2.59 bits per heavy atom. The van der Waals surface area contributed by atoms with Gasteiger partial charge in [-0.25, -0.2) is 0 Å². The highest BCUT2D eigenvalue weighted by atomic mass is 16.5. The van der Waals surface area contributed by atoms with Crippen molar-refractivity contribution in [2.24, 2.45) is 4.99 Å². The molecule has 1 atom stereocenters. The lowest BCUT2D eigenvalue weighted by Crippen LogP contribution is -2.27. The summed E-state index contributed by atoms with van der Waals surface area (Å²) >= 11 is 0. The summed E-state index contributed by atoms with van der Waals surface area (Å²) in [6.07, 6.45) is 5.64. The number of likely N-dealkylation sites (tertiary alicyclic amines) is 1. The molecule has 0 bridgehead atoms. The Morgan fingerprint density at radius 2 is 1.96 bits per heavy atom. The molecule has 1 saturated heterocycles. The molecule has 6 heteroatoms. The predicted molar refractivity (Wildman–Crippen MR) is 106 cm³/mol. The van der Waals surface area contributed by atoms with Crippen LogP contribution in [0.4, 0.5) is 0 Å². The van der Waals surface area contributed by atoms with Gasteiger partial charge in [-0.05, 0) is 50.6 Å². The van der Waals surface area contributed by atoms with Crippen molar-refractivity contribution in [3.05, 3.63) is 52.8 Å². The van der Waals surface area contributed by atoms with Gasteiger partial charge in [0.15, 0.2) is 0 Å². The quantitative estimate of drug-likeness (QED) is 0.734. The minimum absolute atomic E-state index is 0.0764. The Balaban J connectivity index is 1.82. The van der Waals surface area contributed by atoms with E-state index in [-0.39, 0.29) is 18.4 Å². The third-order valence-electron chi connectivity index (χ3n) is 5.11. The molecule has 0 amide bonds. The third kappa shape index (κ3) is 4.46. The highest BCUT2D eigenvalue weighted by Crippen LogP contribution is 2.27. The van der Waals surface area contributed by atoms with E-state index >= 15 is 0 Å². The van der Waals surface area contributed by atoms with Crippen molar-refractivity contribution in [1.29, 1.82) is 0 Å². The summed E-state index contributed by atoms with van der Waals surface area (Å²) in [7, 11) is 1.67. The molecule has 1 fully saturated rings. The lowest BCUT2D eigenvalue weighted by atomic mass is 10.1. The van der Waals surface area contributed by atoms with Crippen LogP contribution >= 0.6 is 0 Å². The second kappa shape index (κ2) is 8.97. The average Bonchev–Trinajstić information content (AvgIpc) is 3.23. The van der Waals surface area contributed by atoms with Crippen LogP contribution in [0.1, 0.15) is 41.3 Å².